The Bertz CT molecular complexity index is 597. The molecular formula is C16H17ClN2O2. The fourth-order valence-electron chi connectivity index (χ4n) is 1.88. The quantitative estimate of drug-likeness (QED) is 0.507. The van der Waals surface area contributed by atoms with Crippen LogP contribution in [0, 0.1) is 0 Å². The Morgan fingerprint density at radius 3 is 2.38 bits per heavy atom. The smallest absolute Gasteiger partial charge is 0.241 e. The van der Waals surface area contributed by atoms with Gasteiger partial charge in [-0.05, 0) is 42.3 Å². The van der Waals surface area contributed by atoms with Crippen LogP contribution in [0.3, 0.4) is 0 Å². The minimum absolute atomic E-state index is 0.208. The van der Waals surface area contributed by atoms with E-state index in [0.29, 0.717) is 11.6 Å². The Morgan fingerprint density at radius 2 is 1.81 bits per heavy atom. The van der Waals surface area contributed by atoms with Gasteiger partial charge in [-0.1, -0.05) is 35.9 Å². The van der Waals surface area contributed by atoms with Crippen LogP contribution in [-0.2, 0) is 11.4 Å². The van der Waals surface area contributed by atoms with Crippen molar-refractivity contribution in [2.45, 2.75) is 19.4 Å². The predicted molar refractivity (Wildman–Crippen MR) is 83.0 cm³/mol. The number of nitrogens with two attached hydrogens (primary N) is 1. The van der Waals surface area contributed by atoms with Gasteiger partial charge in [-0.15, -0.1) is 0 Å². The molecule has 0 saturated carbocycles. The summed E-state index contributed by atoms with van der Waals surface area (Å²) < 4.78 is 5.66. The fraction of sp³-hybridized carbons (Fsp3) is 0.188. The van der Waals surface area contributed by atoms with E-state index in [1.807, 2.05) is 36.4 Å². The van der Waals surface area contributed by atoms with Gasteiger partial charge in [-0.3, -0.25) is 10.2 Å². The normalized spacial score (nSPS) is 11.8. The molecule has 21 heavy (non-hydrogen) atoms. The minimum Gasteiger partial charge on any atom is -0.489 e. The second-order valence-electron chi connectivity index (χ2n) is 4.71. The van der Waals surface area contributed by atoms with Crippen molar-refractivity contribution in [2.75, 3.05) is 0 Å². The number of amides is 1. The molecule has 3 N–H and O–H groups in total. The van der Waals surface area contributed by atoms with E-state index >= 15 is 0 Å². The summed E-state index contributed by atoms with van der Waals surface area (Å²) in [5.41, 5.74) is 4.09. The van der Waals surface area contributed by atoms with E-state index in [9.17, 15) is 4.79 Å². The van der Waals surface area contributed by atoms with Crippen molar-refractivity contribution < 1.29 is 9.53 Å². The molecule has 0 aromatic heterocycles. The van der Waals surface area contributed by atoms with Gasteiger partial charge in [0.2, 0.25) is 5.91 Å². The molecule has 0 heterocycles. The average molecular weight is 305 g/mol. The van der Waals surface area contributed by atoms with Gasteiger partial charge in [0.05, 0.1) is 5.92 Å². The molecule has 2 aromatic rings. The van der Waals surface area contributed by atoms with Crippen molar-refractivity contribution in [1.29, 1.82) is 0 Å². The summed E-state index contributed by atoms with van der Waals surface area (Å²) in [5.74, 6) is 5.41. The van der Waals surface area contributed by atoms with Crippen molar-refractivity contribution >= 4 is 17.5 Å². The minimum atomic E-state index is -0.277. The molecule has 1 atom stereocenters. The van der Waals surface area contributed by atoms with Gasteiger partial charge in [-0.2, -0.15) is 0 Å². The summed E-state index contributed by atoms with van der Waals surface area (Å²) in [6, 6.07) is 14.9. The highest BCUT2D eigenvalue weighted by Crippen LogP contribution is 2.19. The first kappa shape index (κ1) is 15.4. The number of hydrogen-bond acceptors (Lipinski definition) is 3. The second-order valence-corrected chi connectivity index (χ2v) is 5.15. The monoisotopic (exact) mass is 304 g/mol. The van der Waals surface area contributed by atoms with Gasteiger partial charge < -0.3 is 4.74 Å². The molecule has 1 amide bonds. The van der Waals surface area contributed by atoms with Crippen molar-refractivity contribution in [2.24, 2.45) is 5.84 Å². The lowest BCUT2D eigenvalue weighted by Crippen LogP contribution is -2.33. The topological polar surface area (TPSA) is 64.4 Å². The van der Waals surface area contributed by atoms with E-state index in [1.54, 1.807) is 19.1 Å². The van der Waals surface area contributed by atoms with Crippen LogP contribution in [0.5, 0.6) is 5.75 Å². The van der Waals surface area contributed by atoms with Crippen LogP contribution in [0.2, 0.25) is 5.02 Å². The molecule has 0 aliphatic carbocycles. The molecular weight excluding hydrogens is 288 g/mol. The third kappa shape index (κ3) is 4.21. The molecule has 0 saturated heterocycles. The third-order valence-electron chi connectivity index (χ3n) is 3.23. The van der Waals surface area contributed by atoms with Gasteiger partial charge in [0, 0.05) is 5.02 Å². The van der Waals surface area contributed by atoms with E-state index in [1.165, 1.54) is 0 Å². The first-order chi connectivity index (χ1) is 10.1. The lowest BCUT2D eigenvalue weighted by atomic mass is 9.99. The third-order valence-corrected chi connectivity index (χ3v) is 3.49. The lowest BCUT2D eigenvalue weighted by Gasteiger charge is -2.11. The zero-order valence-electron chi connectivity index (χ0n) is 11.7. The van der Waals surface area contributed by atoms with E-state index in [2.05, 4.69) is 5.43 Å². The number of halogens is 1. The molecule has 2 rings (SSSR count). The standard InChI is InChI=1S/C16H17ClN2O2/c1-11(16(20)19-18)13-4-2-12(3-5-13)10-21-15-8-6-14(17)7-9-15/h2-9,11H,10,18H2,1H3,(H,19,20). The highest BCUT2D eigenvalue weighted by molar-refractivity contribution is 6.30. The number of benzene rings is 2. The number of nitrogens with one attached hydrogen (secondary N) is 1. The Hall–Kier alpha value is -2.04. The Kier molecular flexibility index (Phi) is 5.20. The average Bonchev–Trinajstić information content (AvgIpc) is 2.53. The molecule has 5 heteroatoms. The van der Waals surface area contributed by atoms with Crippen molar-refractivity contribution in [1.82, 2.24) is 5.43 Å². The molecule has 1 unspecified atom stereocenters. The summed E-state index contributed by atoms with van der Waals surface area (Å²) >= 11 is 5.82. The Balaban J connectivity index is 1.96. The maximum Gasteiger partial charge on any atom is 0.241 e. The first-order valence-electron chi connectivity index (χ1n) is 6.58. The zero-order valence-corrected chi connectivity index (χ0v) is 12.4. The number of rotatable bonds is 5. The Labute approximate surface area is 128 Å². The molecule has 4 nitrogen and oxygen atoms in total. The van der Waals surface area contributed by atoms with Crippen LogP contribution in [0.4, 0.5) is 0 Å². The molecule has 0 radical (unpaired) electrons. The van der Waals surface area contributed by atoms with E-state index in [0.717, 1.165) is 16.9 Å². The summed E-state index contributed by atoms with van der Waals surface area (Å²) in [6.45, 7) is 2.26. The largest absolute Gasteiger partial charge is 0.489 e. The van der Waals surface area contributed by atoms with Gasteiger partial charge in [0.1, 0.15) is 12.4 Å². The van der Waals surface area contributed by atoms with Gasteiger partial charge in [-0.25, -0.2) is 5.84 Å². The number of carbonyl (C=O) groups excluding carboxylic acids is 1. The van der Waals surface area contributed by atoms with Crippen molar-refractivity contribution in [3.05, 3.63) is 64.7 Å². The fourth-order valence-corrected chi connectivity index (χ4v) is 2.00. The zero-order chi connectivity index (χ0) is 15.2. The summed E-state index contributed by atoms with van der Waals surface area (Å²) in [5, 5.41) is 0.680. The molecule has 0 aliphatic heterocycles. The van der Waals surface area contributed by atoms with Crippen LogP contribution in [0.25, 0.3) is 0 Å². The summed E-state index contributed by atoms with van der Waals surface area (Å²) in [7, 11) is 0. The maximum absolute atomic E-state index is 11.5. The highest BCUT2D eigenvalue weighted by atomic mass is 35.5. The highest BCUT2D eigenvalue weighted by Gasteiger charge is 2.13. The van der Waals surface area contributed by atoms with Gasteiger partial charge in [0.15, 0.2) is 0 Å². The molecule has 2 aromatic carbocycles. The van der Waals surface area contributed by atoms with Crippen LogP contribution in [-0.4, -0.2) is 5.91 Å². The van der Waals surface area contributed by atoms with Crippen LogP contribution in [0.1, 0.15) is 24.0 Å². The number of hydrogen-bond donors (Lipinski definition) is 2. The summed E-state index contributed by atoms with van der Waals surface area (Å²) in [6.07, 6.45) is 0. The predicted octanol–water partition coefficient (Wildman–Crippen LogP) is 3.01. The lowest BCUT2D eigenvalue weighted by molar-refractivity contribution is -0.122. The van der Waals surface area contributed by atoms with E-state index < -0.39 is 0 Å². The van der Waals surface area contributed by atoms with Crippen molar-refractivity contribution in [3.63, 3.8) is 0 Å². The van der Waals surface area contributed by atoms with Crippen LogP contribution >= 0.6 is 11.6 Å². The molecule has 0 spiro atoms. The molecule has 0 fully saturated rings. The summed E-state index contributed by atoms with van der Waals surface area (Å²) in [4.78, 5) is 11.5. The van der Waals surface area contributed by atoms with Gasteiger partial charge >= 0.3 is 0 Å². The number of ether oxygens (including phenoxy) is 1. The SMILES string of the molecule is CC(C(=O)NN)c1ccc(COc2ccc(Cl)cc2)cc1. The Morgan fingerprint density at radius 1 is 1.19 bits per heavy atom. The first-order valence-corrected chi connectivity index (χ1v) is 6.95. The van der Waals surface area contributed by atoms with Crippen LogP contribution in [0.15, 0.2) is 48.5 Å². The van der Waals surface area contributed by atoms with Crippen molar-refractivity contribution in [3.8, 4) is 5.75 Å². The molecule has 0 bridgehead atoms. The second kappa shape index (κ2) is 7.11. The molecule has 0 aliphatic rings. The van der Waals surface area contributed by atoms with E-state index in [-0.39, 0.29) is 11.8 Å². The maximum atomic E-state index is 11.5. The number of carbonyl (C=O) groups is 1. The molecule has 110 valence electrons. The van der Waals surface area contributed by atoms with E-state index in [4.69, 9.17) is 22.2 Å². The van der Waals surface area contributed by atoms with Gasteiger partial charge in [0.25, 0.3) is 0 Å². The van der Waals surface area contributed by atoms with Crippen LogP contribution < -0.4 is 16.0 Å². The number of hydrazine groups is 1.